The Hall–Kier alpha value is -5.14. The highest BCUT2D eigenvalue weighted by Gasteiger charge is 2.24. The fourth-order valence-corrected chi connectivity index (χ4v) is 4.73. The number of epoxide rings is 2. The summed E-state index contributed by atoms with van der Waals surface area (Å²) in [7, 11) is 0. The lowest BCUT2D eigenvalue weighted by atomic mass is 10.2. The molecule has 2 aliphatic heterocycles. The molecule has 0 radical (unpaired) electrons. The number of benzene rings is 4. The molecule has 0 aliphatic carbocycles. The quantitative estimate of drug-likeness (QED) is 0.0437. The molecule has 4 aromatic carbocycles. The van der Waals surface area contributed by atoms with E-state index in [4.69, 9.17) is 47.4 Å². The van der Waals surface area contributed by atoms with Gasteiger partial charge in [-0.3, -0.25) is 0 Å². The van der Waals surface area contributed by atoms with Crippen molar-refractivity contribution in [3.05, 3.63) is 108 Å². The topological polar surface area (TPSA) is 133 Å². The van der Waals surface area contributed by atoms with E-state index in [1.165, 1.54) is 0 Å². The maximum Gasteiger partial charge on any atom is 0.343 e. The van der Waals surface area contributed by atoms with Crippen molar-refractivity contribution in [3.63, 3.8) is 0 Å². The summed E-state index contributed by atoms with van der Waals surface area (Å²) in [6, 6.07) is 27.3. The Morgan fingerprint density at radius 1 is 0.538 bits per heavy atom. The van der Waals surface area contributed by atoms with E-state index in [1.807, 2.05) is 13.8 Å². The molecule has 6 rings (SSSR count). The summed E-state index contributed by atoms with van der Waals surface area (Å²) < 4.78 is 55.6. The molecular formula is C40H42O12. The van der Waals surface area contributed by atoms with Crippen LogP contribution in [0.1, 0.15) is 34.6 Å². The van der Waals surface area contributed by atoms with Gasteiger partial charge in [0.15, 0.2) is 0 Å². The fraction of sp³-hybridized carbons (Fsp3) is 0.350. The van der Waals surface area contributed by atoms with Crippen molar-refractivity contribution in [1.82, 2.24) is 0 Å². The van der Waals surface area contributed by atoms with Gasteiger partial charge in [-0.15, -0.1) is 0 Å². The normalized spacial score (nSPS) is 17.0. The third-order valence-corrected chi connectivity index (χ3v) is 7.68. The van der Waals surface area contributed by atoms with Crippen LogP contribution >= 0.6 is 0 Å². The predicted octanol–water partition coefficient (Wildman–Crippen LogP) is 5.95. The Morgan fingerprint density at radius 3 is 1.21 bits per heavy atom. The molecule has 12 nitrogen and oxygen atoms in total. The van der Waals surface area contributed by atoms with E-state index in [9.17, 15) is 9.59 Å². The number of hydrogen-bond donors (Lipinski definition) is 0. The summed E-state index contributed by atoms with van der Waals surface area (Å²) in [5.74, 6) is 2.51. The first-order valence-corrected chi connectivity index (χ1v) is 17.2. The van der Waals surface area contributed by atoms with Gasteiger partial charge in [0, 0.05) is 0 Å². The van der Waals surface area contributed by atoms with Crippen LogP contribution in [0.2, 0.25) is 0 Å². The number of hydrogen-bond acceptors (Lipinski definition) is 12. The average molecular weight is 715 g/mol. The number of rotatable bonds is 21. The van der Waals surface area contributed by atoms with Crippen LogP contribution < -0.4 is 28.4 Å². The highest BCUT2D eigenvalue weighted by Crippen LogP contribution is 2.23. The SMILES string of the molecule is CC(COCCOCC(C)Oc1ccc(C(=O)Oc2ccc(OCC3CO3)cc2)cc1)Oc1ccc(C(=O)Oc2ccc(OCC3CO3)cc2)cc1. The molecule has 2 heterocycles. The van der Waals surface area contributed by atoms with E-state index in [1.54, 1.807) is 97.1 Å². The van der Waals surface area contributed by atoms with Gasteiger partial charge in [0.2, 0.25) is 0 Å². The third-order valence-electron chi connectivity index (χ3n) is 7.68. The van der Waals surface area contributed by atoms with E-state index in [0.29, 0.717) is 85.3 Å². The van der Waals surface area contributed by atoms with Gasteiger partial charge in [-0.05, 0) is 111 Å². The zero-order valence-electron chi connectivity index (χ0n) is 29.1. The molecule has 0 saturated carbocycles. The first-order valence-electron chi connectivity index (χ1n) is 17.2. The Kier molecular flexibility index (Phi) is 13.0. The van der Waals surface area contributed by atoms with Crippen LogP contribution in [0.3, 0.4) is 0 Å². The predicted molar refractivity (Wildman–Crippen MR) is 188 cm³/mol. The molecule has 274 valence electrons. The van der Waals surface area contributed by atoms with Crippen molar-refractivity contribution in [2.75, 3.05) is 52.9 Å². The smallest absolute Gasteiger partial charge is 0.343 e. The molecule has 2 fully saturated rings. The molecule has 4 unspecified atom stereocenters. The van der Waals surface area contributed by atoms with Crippen LogP contribution in [-0.4, -0.2) is 89.2 Å². The molecule has 0 N–H and O–H groups in total. The monoisotopic (exact) mass is 714 g/mol. The molecule has 52 heavy (non-hydrogen) atoms. The van der Waals surface area contributed by atoms with Gasteiger partial charge >= 0.3 is 11.9 Å². The Bertz CT molecular complexity index is 1570. The largest absolute Gasteiger partial charge is 0.491 e. The molecule has 4 atom stereocenters. The lowest BCUT2D eigenvalue weighted by molar-refractivity contribution is -0.00160. The zero-order valence-corrected chi connectivity index (χ0v) is 29.1. The van der Waals surface area contributed by atoms with E-state index < -0.39 is 11.9 Å². The van der Waals surface area contributed by atoms with Crippen LogP contribution in [0.15, 0.2) is 97.1 Å². The Balaban J connectivity index is 0.807. The summed E-state index contributed by atoms with van der Waals surface area (Å²) in [5, 5.41) is 0. The first kappa shape index (κ1) is 36.6. The van der Waals surface area contributed by atoms with Crippen LogP contribution in [0.4, 0.5) is 0 Å². The van der Waals surface area contributed by atoms with Crippen molar-refractivity contribution in [2.24, 2.45) is 0 Å². The molecule has 0 bridgehead atoms. The number of carbonyl (C=O) groups is 2. The van der Waals surface area contributed by atoms with Crippen molar-refractivity contribution in [1.29, 1.82) is 0 Å². The van der Waals surface area contributed by atoms with Gasteiger partial charge < -0.3 is 47.4 Å². The maximum atomic E-state index is 12.6. The van der Waals surface area contributed by atoms with E-state index >= 15 is 0 Å². The minimum absolute atomic E-state index is 0.173. The van der Waals surface area contributed by atoms with Crippen LogP contribution in [-0.2, 0) is 18.9 Å². The van der Waals surface area contributed by atoms with Crippen LogP contribution in [0.5, 0.6) is 34.5 Å². The van der Waals surface area contributed by atoms with Gasteiger partial charge in [-0.25, -0.2) is 9.59 Å². The molecule has 4 aromatic rings. The third kappa shape index (κ3) is 12.3. The second-order valence-electron chi connectivity index (χ2n) is 12.3. The summed E-state index contributed by atoms with van der Waals surface area (Å²) in [6.45, 7) is 7.76. The number of carbonyl (C=O) groups excluding carboxylic acids is 2. The van der Waals surface area contributed by atoms with Gasteiger partial charge in [0.05, 0.1) is 50.8 Å². The van der Waals surface area contributed by atoms with E-state index in [-0.39, 0.29) is 24.4 Å². The minimum Gasteiger partial charge on any atom is -0.491 e. The molecule has 12 heteroatoms. The van der Waals surface area contributed by atoms with Crippen LogP contribution in [0, 0.1) is 0 Å². The second-order valence-corrected chi connectivity index (χ2v) is 12.3. The highest BCUT2D eigenvalue weighted by molar-refractivity contribution is 5.91. The van der Waals surface area contributed by atoms with Gasteiger partial charge in [0.25, 0.3) is 0 Å². The molecular weight excluding hydrogens is 672 g/mol. The standard InChI is InChI=1S/C40H42O12/c1-27(49-33-7-3-29(4-8-33)39(41)51-35-15-11-31(12-16-35)45-23-37-25-47-37)21-43-19-20-44-22-28(2)50-34-9-5-30(6-10-34)40(42)52-36-17-13-32(14-18-36)46-24-38-26-48-38/h3-18,27-28,37-38H,19-26H2,1-2H3. The second kappa shape index (κ2) is 18.4. The average Bonchev–Trinajstić information content (AvgIpc) is 4.10. The summed E-state index contributed by atoms with van der Waals surface area (Å²) in [6.07, 6.45) is -0.0972. The van der Waals surface area contributed by atoms with Gasteiger partial charge in [-0.1, -0.05) is 0 Å². The summed E-state index contributed by atoms with van der Waals surface area (Å²) in [4.78, 5) is 25.1. The van der Waals surface area contributed by atoms with E-state index in [2.05, 4.69) is 0 Å². The number of ether oxygens (including phenoxy) is 10. The maximum absolute atomic E-state index is 12.6. The summed E-state index contributed by atoms with van der Waals surface area (Å²) >= 11 is 0. The lowest BCUT2D eigenvalue weighted by Gasteiger charge is -2.17. The van der Waals surface area contributed by atoms with Crippen molar-refractivity contribution >= 4 is 11.9 Å². The first-order chi connectivity index (χ1) is 25.4. The zero-order chi connectivity index (χ0) is 36.1. The van der Waals surface area contributed by atoms with E-state index in [0.717, 1.165) is 13.2 Å². The number of esters is 2. The molecule has 0 amide bonds. The Labute approximate surface area is 302 Å². The highest BCUT2D eigenvalue weighted by atomic mass is 16.6. The molecule has 0 aromatic heterocycles. The summed E-state index contributed by atoms with van der Waals surface area (Å²) in [5.41, 5.74) is 0.804. The molecule has 2 saturated heterocycles. The molecule has 0 spiro atoms. The van der Waals surface area contributed by atoms with Crippen molar-refractivity contribution < 1.29 is 57.0 Å². The Morgan fingerprint density at radius 2 is 0.865 bits per heavy atom. The lowest BCUT2D eigenvalue weighted by Crippen LogP contribution is -2.23. The van der Waals surface area contributed by atoms with Gasteiger partial charge in [0.1, 0.15) is 72.1 Å². The van der Waals surface area contributed by atoms with Gasteiger partial charge in [-0.2, -0.15) is 0 Å². The van der Waals surface area contributed by atoms with Crippen molar-refractivity contribution in [2.45, 2.75) is 38.3 Å². The molecule has 2 aliphatic rings. The fourth-order valence-electron chi connectivity index (χ4n) is 4.73. The minimum atomic E-state index is -0.470. The van der Waals surface area contributed by atoms with Crippen LogP contribution in [0.25, 0.3) is 0 Å². The van der Waals surface area contributed by atoms with Crippen molar-refractivity contribution in [3.8, 4) is 34.5 Å².